The van der Waals surface area contributed by atoms with Crippen molar-refractivity contribution in [2.45, 2.75) is 6.92 Å². The molecular weight excluding hydrogens is 264 g/mol. The third-order valence-electron chi connectivity index (χ3n) is 2.26. The predicted octanol–water partition coefficient (Wildman–Crippen LogP) is 1.73. The lowest BCUT2D eigenvalue weighted by Crippen LogP contribution is -2.14. The average molecular weight is 280 g/mol. The van der Waals surface area contributed by atoms with Crippen LogP contribution in [0.5, 0.6) is 11.5 Å². The van der Waals surface area contributed by atoms with Crippen LogP contribution in [0.3, 0.4) is 0 Å². The number of esters is 1. The second kappa shape index (κ2) is 7.83. The number of hydrogen-bond acceptors (Lipinski definition) is 5. The van der Waals surface area contributed by atoms with Crippen LogP contribution in [0.1, 0.15) is 12.5 Å². The first-order chi connectivity index (χ1) is 9.56. The van der Waals surface area contributed by atoms with E-state index in [0.29, 0.717) is 17.1 Å². The van der Waals surface area contributed by atoms with Crippen LogP contribution in [-0.4, -0.2) is 37.4 Å². The molecule has 6 nitrogen and oxygen atoms in total. The van der Waals surface area contributed by atoms with Gasteiger partial charge in [-0.1, -0.05) is 6.07 Å². The zero-order chi connectivity index (χ0) is 15.0. The normalized spacial score (nSPS) is 10.3. The molecule has 0 saturated carbocycles. The molecule has 0 bridgehead atoms. The summed E-state index contributed by atoms with van der Waals surface area (Å²) >= 11 is 0. The topological polar surface area (TPSA) is 82.1 Å². The Hall–Kier alpha value is -2.50. The van der Waals surface area contributed by atoms with Crippen molar-refractivity contribution < 1.29 is 28.9 Å². The minimum atomic E-state index is -1.04. The maximum absolute atomic E-state index is 11.2. The van der Waals surface area contributed by atoms with Gasteiger partial charge in [-0.05, 0) is 30.7 Å². The van der Waals surface area contributed by atoms with E-state index in [4.69, 9.17) is 19.3 Å². The van der Waals surface area contributed by atoms with Gasteiger partial charge in [-0.25, -0.2) is 9.59 Å². The first-order valence-electron chi connectivity index (χ1n) is 5.94. The molecule has 6 heteroatoms. The third-order valence-corrected chi connectivity index (χ3v) is 2.26. The minimum absolute atomic E-state index is 0.214. The van der Waals surface area contributed by atoms with Crippen molar-refractivity contribution in [1.82, 2.24) is 0 Å². The maximum Gasteiger partial charge on any atom is 0.344 e. The van der Waals surface area contributed by atoms with Crippen LogP contribution in [0.15, 0.2) is 24.3 Å². The molecule has 1 aromatic carbocycles. The van der Waals surface area contributed by atoms with Crippen LogP contribution >= 0.6 is 0 Å². The van der Waals surface area contributed by atoms with Gasteiger partial charge in [-0.15, -0.1) is 0 Å². The monoisotopic (exact) mass is 280 g/mol. The molecule has 0 aromatic heterocycles. The third kappa shape index (κ3) is 5.01. The van der Waals surface area contributed by atoms with Crippen LogP contribution in [0.4, 0.5) is 0 Å². The number of benzene rings is 1. The molecule has 0 fully saturated rings. The molecule has 0 aliphatic rings. The highest BCUT2D eigenvalue weighted by molar-refractivity contribution is 5.85. The van der Waals surface area contributed by atoms with Crippen molar-refractivity contribution in [2.24, 2.45) is 0 Å². The molecule has 1 rings (SSSR count). The van der Waals surface area contributed by atoms with Gasteiger partial charge in [0.05, 0.1) is 13.7 Å². The maximum atomic E-state index is 11.2. The van der Waals surface area contributed by atoms with E-state index in [2.05, 4.69) is 0 Å². The SMILES string of the molecule is CCOC(=O)COc1ccc(C=CC(=O)O)cc1OC. The zero-order valence-corrected chi connectivity index (χ0v) is 11.3. The van der Waals surface area contributed by atoms with Crippen LogP contribution < -0.4 is 9.47 Å². The first kappa shape index (κ1) is 15.6. The van der Waals surface area contributed by atoms with Gasteiger partial charge in [0.25, 0.3) is 0 Å². The molecule has 0 aliphatic heterocycles. The Morgan fingerprint density at radius 1 is 1.30 bits per heavy atom. The van der Waals surface area contributed by atoms with Gasteiger partial charge in [0.1, 0.15) is 0 Å². The summed E-state index contributed by atoms with van der Waals surface area (Å²) in [5, 5.41) is 8.56. The van der Waals surface area contributed by atoms with Gasteiger partial charge < -0.3 is 19.3 Å². The van der Waals surface area contributed by atoms with Crippen molar-refractivity contribution in [2.75, 3.05) is 20.3 Å². The highest BCUT2D eigenvalue weighted by Crippen LogP contribution is 2.28. The van der Waals surface area contributed by atoms with Gasteiger partial charge in [0, 0.05) is 6.08 Å². The van der Waals surface area contributed by atoms with Crippen LogP contribution in [-0.2, 0) is 14.3 Å². The van der Waals surface area contributed by atoms with E-state index >= 15 is 0 Å². The second-order valence-corrected chi connectivity index (χ2v) is 3.68. The summed E-state index contributed by atoms with van der Waals surface area (Å²) in [7, 11) is 1.46. The van der Waals surface area contributed by atoms with Gasteiger partial charge in [-0.2, -0.15) is 0 Å². The molecule has 0 radical (unpaired) electrons. The molecule has 20 heavy (non-hydrogen) atoms. The Kier molecular flexibility index (Phi) is 6.09. The van der Waals surface area contributed by atoms with Crippen LogP contribution in [0.25, 0.3) is 6.08 Å². The van der Waals surface area contributed by atoms with Crippen LogP contribution in [0.2, 0.25) is 0 Å². The molecule has 108 valence electrons. The van der Waals surface area contributed by atoms with E-state index in [1.807, 2.05) is 0 Å². The number of carbonyl (C=O) groups excluding carboxylic acids is 1. The molecule has 1 aromatic rings. The molecule has 0 saturated heterocycles. The Bertz CT molecular complexity index is 506. The summed E-state index contributed by atoms with van der Waals surface area (Å²) in [6.07, 6.45) is 2.45. The van der Waals surface area contributed by atoms with Crippen molar-refractivity contribution in [3.05, 3.63) is 29.8 Å². The van der Waals surface area contributed by atoms with E-state index in [9.17, 15) is 9.59 Å². The number of aliphatic carboxylic acids is 1. The highest BCUT2D eigenvalue weighted by atomic mass is 16.6. The average Bonchev–Trinajstić information content (AvgIpc) is 2.43. The molecule has 0 amide bonds. The Morgan fingerprint density at radius 3 is 2.65 bits per heavy atom. The van der Waals surface area contributed by atoms with E-state index in [1.165, 1.54) is 13.2 Å². The summed E-state index contributed by atoms with van der Waals surface area (Å²) in [5.41, 5.74) is 0.646. The second-order valence-electron chi connectivity index (χ2n) is 3.68. The fourth-order valence-corrected chi connectivity index (χ4v) is 1.41. The summed E-state index contributed by atoms with van der Waals surface area (Å²) in [5.74, 6) is -0.717. The van der Waals surface area contributed by atoms with Crippen LogP contribution in [0, 0.1) is 0 Å². The summed E-state index contributed by atoms with van der Waals surface area (Å²) in [6.45, 7) is 1.79. The van der Waals surface area contributed by atoms with Crippen molar-refractivity contribution in [1.29, 1.82) is 0 Å². The van der Waals surface area contributed by atoms with Crippen molar-refractivity contribution in [3.8, 4) is 11.5 Å². The molecule has 0 aliphatic carbocycles. The predicted molar refractivity (Wildman–Crippen MR) is 71.8 cm³/mol. The lowest BCUT2D eigenvalue weighted by Gasteiger charge is -2.10. The first-order valence-corrected chi connectivity index (χ1v) is 5.94. The summed E-state index contributed by atoms with van der Waals surface area (Å²) in [6, 6.07) is 4.86. The number of ether oxygens (including phenoxy) is 3. The largest absolute Gasteiger partial charge is 0.493 e. The van der Waals surface area contributed by atoms with E-state index in [0.717, 1.165) is 6.08 Å². The molecule has 0 unspecified atom stereocenters. The van der Waals surface area contributed by atoms with Gasteiger partial charge >= 0.3 is 11.9 Å². The lowest BCUT2D eigenvalue weighted by atomic mass is 10.2. The molecule has 0 heterocycles. The molecule has 1 N–H and O–H groups in total. The number of carbonyl (C=O) groups is 2. The standard InChI is InChI=1S/C14H16O6/c1-3-19-14(17)9-20-11-6-4-10(5-7-13(15)16)8-12(11)18-2/h4-8H,3,9H2,1-2H3,(H,15,16). The Morgan fingerprint density at radius 2 is 2.05 bits per heavy atom. The Balaban J connectivity index is 2.77. The van der Waals surface area contributed by atoms with E-state index in [-0.39, 0.29) is 13.2 Å². The molecule has 0 atom stereocenters. The lowest BCUT2D eigenvalue weighted by molar-refractivity contribution is -0.145. The quantitative estimate of drug-likeness (QED) is 0.605. The van der Waals surface area contributed by atoms with Gasteiger partial charge in [-0.3, -0.25) is 0 Å². The number of hydrogen-bond donors (Lipinski definition) is 1. The van der Waals surface area contributed by atoms with E-state index < -0.39 is 11.9 Å². The van der Waals surface area contributed by atoms with Gasteiger partial charge in [0.2, 0.25) is 0 Å². The summed E-state index contributed by atoms with van der Waals surface area (Å²) in [4.78, 5) is 21.6. The highest BCUT2D eigenvalue weighted by Gasteiger charge is 2.08. The zero-order valence-electron chi connectivity index (χ0n) is 11.3. The van der Waals surface area contributed by atoms with E-state index in [1.54, 1.807) is 25.1 Å². The Labute approximate surface area is 116 Å². The van der Waals surface area contributed by atoms with Crippen molar-refractivity contribution in [3.63, 3.8) is 0 Å². The fraction of sp³-hybridized carbons (Fsp3) is 0.286. The number of rotatable bonds is 7. The molecular formula is C14H16O6. The number of carboxylic acid groups (broad SMARTS) is 1. The summed E-state index contributed by atoms with van der Waals surface area (Å²) < 4.78 is 15.2. The smallest absolute Gasteiger partial charge is 0.344 e. The number of carboxylic acids is 1. The number of methoxy groups -OCH3 is 1. The van der Waals surface area contributed by atoms with Gasteiger partial charge in [0.15, 0.2) is 18.1 Å². The fourth-order valence-electron chi connectivity index (χ4n) is 1.41. The minimum Gasteiger partial charge on any atom is -0.493 e. The molecule has 0 spiro atoms. The van der Waals surface area contributed by atoms with Crippen molar-refractivity contribution >= 4 is 18.0 Å².